The lowest BCUT2D eigenvalue weighted by atomic mass is 10.1. The van der Waals surface area contributed by atoms with Crippen LogP contribution in [-0.4, -0.2) is 23.9 Å². The largest absolute Gasteiger partial charge is 0.379 e. The number of ether oxygens (including phenoxy) is 2. The topological polar surface area (TPSA) is 47.2 Å². The average Bonchev–Trinajstić information content (AvgIpc) is 3.24. The number of hydrogen-bond acceptors (Lipinski definition) is 3. The van der Waals surface area contributed by atoms with Crippen molar-refractivity contribution in [2.75, 3.05) is 7.11 Å². The first kappa shape index (κ1) is 14.7. The maximum Gasteiger partial charge on any atom is 0.137 e. The predicted octanol–water partition coefficient (Wildman–Crippen LogP) is 4.65. The summed E-state index contributed by atoms with van der Waals surface area (Å²) in [5.41, 5.74) is 3.19. The SMILES string of the molecule is [2H]C[C@H]1O[C@@H](n2c3ccccc3c3cc(/C=C/C#N)ccc32)CC1OC. The molecule has 25 heavy (non-hydrogen) atoms. The highest BCUT2D eigenvalue weighted by atomic mass is 16.6. The van der Waals surface area contributed by atoms with Crippen LogP contribution in [0.5, 0.6) is 0 Å². The first-order chi connectivity index (χ1) is 12.8. The number of allylic oxidation sites excluding steroid dienone is 1. The molecule has 1 aliphatic rings. The molecule has 1 aliphatic heterocycles. The lowest BCUT2D eigenvalue weighted by molar-refractivity contribution is -0.0137. The third kappa shape index (κ3) is 2.62. The van der Waals surface area contributed by atoms with Crippen molar-refractivity contribution in [2.24, 2.45) is 0 Å². The van der Waals surface area contributed by atoms with Gasteiger partial charge in [-0.15, -0.1) is 0 Å². The summed E-state index contributed by atoms with van der Waals surface area (Å²) in [6.45, 7) is 0.190. The van der Waals surface area contributed by atoms with Gasteiger partial charge in [0, 0.05) is 31.7 Å². The van der Waals surface area contributed by atoms with Crippen molar-refractivity contribution in [3.63, 3.8) is 0 Å². The lowest BCUT2D eigenvalue weighted by Crippen LogP contribution is -2.18. The van der Waals surface area contributed by atoms with E-state index in [1.54, 1.807) is 7.11 Å². The Morgan fingerprint density at radius 2 is 2.12 bits per heavy atom. The van der Waals surface area contributed by atoms with Gasteiger partial charge >= 0.3 is 0 Å². The molecule has 1 saturated heterocycles. The number of fused-ring (bicyclic) bond motifs is 3. The Hall–Kier alpha value is -2.61. The standard InChI is InChI=1S/C21H20N2O2/c1-14-20(24-2)13-21(25-14)23-18-8-4-3-7-16(18)17-12-15(6-5-11-22)9-10-19(17)23/h3-10,12,14,20-21H,13H2,1-2H3/b6-5+/t14-,20?,21-/m1/s1/i1D. The quantitative estimate of drug-likeness (QED) is 0.655. The van der Waals surface area contributed by atoms with Crippen LogP contribution in [0.1, 0.15) is 26.5 Å². The predicted molar refractivity (Wildman–Crippen MR) is 99.1 cm³/mol. The zero-order chi connectivity index (χ0) is 18.1. The van der Waals surface area contributed by atoms with Crippen LogP contribution in [-0.2, 0) is 9.47 Å². The molecule has 4 heteroatoms. The van der Waals surface area contributed by atoms with Crippen molar-refractivity contribution in [3.8, 4) is 6.07 Å². The van der Waals surface area contributed by atoms with Crippen LogP contribution in [0, 0.1) is 11.3 Å². The smallest absolute Gasteiger partial charge is 0.137 e. The van der Waals surface area contributed by atoms with Gasteiger partial charge in [-0.2, -0.15) is 5.26 Å². The number of nitrogens with zero attached hydrogens (tertiary/aromatic N) is 2. The summed E-state index contributed by atoms with van der Waals surface area (Å²) in [5, 5.41) is 11.1. The van der Waals surface area contributed by atoms with E-state index >= 15 is 0 Å². The highest BCUT2D eigenvalue weighted by Crippen LogP contribution is 2.38. The maximum absolute atomic E-state index is 8.77. The monoisotopic (exact) mass is 333 g/mol. The number of aromatic nitrogens is 1. The van der Waals surface area contributed by atoms with Crippen LogP contribution >= 0.6 is 0 Å². The minimum atomic E-state index is -0.209. The van der Waals surface area contributed by atoms with Crippen molar-refractivity contribution in [3.05, 3.63) is 54.1 Å². The van der Waals surface area contributed by atoms with E-state index in [1.807, 2.05) is 30.3 Å². The fourth-order valence-electron chi connectivity index (χ4n) is 3.68. The van der Waals surface area contributed by atoms with Gasteiger partial charge in [0.15, 0.2) is 0 Å². The molecule has 0 aliphatic carbocycles. The highest BCUT2D eigenvalue weighted by Gasteiger charge is 2.34. The molecule has 0 amide bonds. The molecule has 0 bridgehead atoms. The molecule has 1 unspecified atom stereocenters. The van der Waals surface area contributed by atoms with Crippen LogP contribution in [0.2, 0.25) is 0 Å². The first-order valence-electron chi connectivity index (χ1n) is 9.04. The molecular weight excluding hydrogens is 312 g/mol. The number of benzene rings is 2. The molecule has 0 N–H and O–H groups in total. The first-order valence-corrected chi connectivity index (χ1v) is 8.33. The van der Waals surface area contributed by atoms with Gasteiger partial charge in [-0.25, -0.2) is 0 Å². The van der Waals surface area contributed by atoms with Crippen molar-refractivity contribution in [2.45, 2.75) is 31.8 Å². The summed E-state index contributed by atoms with van der Waals surface area (Å²) in [5.74, 6) is 0. The molecule has 0 radical (unpaired) electrons. The van der Waals surface area contributed by atoms with Gasteiger partial charge < -0.3 is 14.0 Å². The van der Waals surface area contributed by atoms with Gasteiger partial charge in [0.25, 0.3) is 0 Å². The molecule has 2 heterocycles. The minimum Gasteiger partial charge on any atom is -0.379 e. The van der Waals surface area contributed by atoms with E-state index in [-0.39, 0.29) is 25.3 Å². The number of rotatable bonds is 3. The Morgan fingerprint density at radius 1 is 1.28 bits per heavy atom. The summed E-state index contributed by atoms with van der Waals surface area (Å²) in [4.78, 5) is 0. The summed E-state index contributed by atoms with van der Waals surface area (Å²) in [7, 11) is 1.68. The minimum absolute atomic E-state index is 0.0634. The molecular formula is C21H20N2O2. The van der Waals surface area contributed by atoms with Crippen molar-refractivity contribution >= 4 is 27.9 Å². The normalized spacial score (nSPS) is 24.2. The molecule has 3 aromatic rings. The zero-order valence-electron chi connectivity index (χ0n) is 15.1. The lowest BCUT2D eigenvalue weighted by Gasteiger charge is -2.16. The Labute approximate surface area is 148 Å². The van der Waals surface area contributed by atoms with E-state index in [9.17, 15) is 0 Å². The van der Waals surface area contributed by atoms with E-state index in [1.165, 1.54) is 6.08 Å². The summed E-state index contributed by atoms with van der Waals surface area (Å²) < 4.78 is 21.6. The average molecular weight is 333 g/mol. The molecule has 3 atom stereocenters. The van der Waals surface area contributed by atoms with Gasteiger partial charge in [0.05, 0.1) is 29.3 Å². The second-order valence-corrected chi connectivity index (χ2v) is 6.27. The molecule has 4 nitrogen and oxygen atoms in total. The van der Waals surface area contributed by atoms with Crippen molar-refractivity contribution < 1.29 is 10.8 Å². The van der Waals surface area contributed by atoms with Crippen LogP contribution in [0.4, 0.5) is 0 Å². The molecule has 0 spiro atoms. The van der Waals surface area contributed by atoms with Crippen LogP contribution in [0.3, 0.4) is 0 Å². The third-order valence-corrected chi connectivity index (χ3v) is 4.86. The van der Waals surface area contributed by atoms with Crippen LogP contribution < -0.4 is 0 Å². The Bertz CT molecular complexity index is 1010. The van der Waals surface area contributed by atoms with E-state index in [0.29, 0.717) is 0 Å². The molecule has 1 fully saturated rings. The molecule has 126 valence electrons. The molecule has 0 saturated carbocycles. The van der Waals surface area contributed by atoms with Gasteiger partial charge in [0.1, 0.15) is 6.23 Å². The Kier molecular flexibility index (Phi) is 3.74. The van der Waals surface area contributed by atoms with E-state index in [0.717, 1.165) is 33.8 Å². The number of hydrogen-bond donors (Lipinski definition) is 0. The fourth-order valence-corrected chi connectivity index (χ4v) is 3.68. The number of para-hydroxylation sites is 1. The van der Waals surface area contributed by atoms with Gasteiger partial charge in [0.2, 0.25) is 0 Å². The maximum atomic E-state index is 8.77. The zero-order valence-corrected chi connectivity index (χ0v) is 14.1. The summed E-state index contributed by atoms with van der Waals surface area (Å²) in [6.07, 6.45) is 3.60. The molecule has 4 rings (SSSR count). The van der Waals surface area contributed by atoms with Crippen LogP contribution in [0.15, 0.2) is 48.5 Å². The van der Waals surface area contributed by atoms with E-state index in [2.05, 4.69) is 28.8 Å². The number of nitriles is 1. The van der Waals surface area contributed by atoms with Crippen LogP contribution in [0.25, 0.3) is 27.9 Å². The molecule has 2 aromatic carbocycles. The summed E-state index contributed by atoms with van der Waals surface area (Å²) in [6, 6.07) is 16.5. The van der Waals surface area contributed by atoms with Crippen molar-refractivity contribution in [1.82, 2.24) is 4.57 Å². The number of methoxy groups -OCH3 is 1. The fraction of sp³-hybridized carbons (Fsp3) is 0.286. The van der Waals surface area contributed by atoms with Gasteiger partial charge in [-0.05, 0) is 36.7 Å². The molecule has 1 aromatic heterocycles. The Balaban J connectivity index is 1.89. The Morgan fingerprint density at radius 3 is 2.88 bits per heavy atom. The van der Waals surface area contributed by atoms with Gasteiger partial charge in [-0.3, -0.25) is 0 Å². The third-order valence-electron chi connectivity index (χ3n) is 4.86. The van der Waals surface area contributed by atoms with Crippen molar-refractivity contribution in [1.29, 1.82) is 5.26 Å². The van der Waals surface area contributed by atoms with Gasteiger partial charge in [-0.1, -0.05) is 24.3 Å². The second kappa shape index (κ2) is 6.36. The highest BCUT2D eigenvalue weighted by molar-refractivity contribution is 6.08. The summed E-state index contributed by atoms with van der Waals surface area (Å²) >= 11 is 0. The van der Waals surface area contributed by atoms with E-state index < -0.39 is 0 Å². The van der Waals surface area contributed by atoms with E-state index in [4.69, 9.17) is 16.1 Å². The second-order valence-electron chi connectivity index (χ2n) is 6.27.